The standard InChI is InChI=1S/C17H27ClN2S/c1-2-19-16(14-8-9-15(18)21-14)17(10-4-5-11-17)20-12-6-3-7-13-20/h8-9,16,19H,2-7,10-13H2,1H3. The Morgan fingerprint density at radius 2 is 1.90 bits per heavy atom. The topological polar surface area (TPSA) is 15.3 Å². The van der Waals surface area contributed by atoms with Crippen LogP contribution in [0.4, 0.5) is 0 Å². The summed E-state index contributed by atoms with van der Waals surface area (Å²) in [6, 6.07) is 4.75. The summed E-state index contributed by atoms with van der Waals surface area (Å²) in [6.07, 6.45) is 9.55. The Kier molecular flexibility index (Phi) is 5.26. The minimum Gasteiger partial charge on any atom is -0.308 e. The Morgan fingerprint density at radius 1 is 1.19 bits per heavy atom. The highest BCUT2D eigenvalue weighted by atomic mass is 35.5. The molecule has 3 rings (SSSR count). The monoisotopic (exact) mass is 326 g/mol. The maximum Gasteiger partial charge on any atom is 0.0931 e. The fourth-order valence-electron chi connectivity index (χ4n) is 4.36. The van der Waals surface area contributed by atoms with E-state index in [1.165, 1.54) is 62.9 Å². The van der Waals surface area contributed by atoms with Crippen LogP contribution >= 0.6 is 22.9 Å². The number of halogens is 1. The quantitative estimate of drug-likeness (QED) is 0.832. The molecule has 2 heterocycles. The first-order chi connectivity index (χ1) is 10.3. The number of hydrogen-bond donors (Lipinski definition) is 1. The second kappa shape index (κ2) is 6.99. The van der Waals surface area contributed by atoms with Crippen molar-refractivity contribution in [2.75, 3.05) is 19.6 Å². The lowest BCUT2D eigenvalue weighted by Crippen LogP contribution is -2.56. The van der Waals surface area contributed by atoms with E-state index in [1.807, 2.05) is 0 Å². The van der Waals surface area contributed by atoms with Crippen molar-refractivity contribution in [3.05, 3.63) is 21.3 Å². The van der Waals surface area contributed by atoms with Crippen LogP contribution in [-0.2, 0) is 0 Å². The summed E-state index contributed by atoms with van der Waals surface area (Å²) in [6.45, 7) is 5.80. The van der Waals surface area contributed by atoms with E-state index >= 15 is 0 Å². The maximum atomic E-state index is 6.22. The molecule has 2 fully saturated rings. The number of nitrogens with one attached hydrogen (secondary N) is 1. The Bertz CT molecular complexity index is 447. The molecule has 118 valence electrons. The van der Waals surface area contributed by atoms with Crippen LogP contribution in [0.2, 0.25) is 4.34 Å². The van der Waals surface area contributed by atoms with Gasteiger partial charge in [0.1, 0.15) is 0 Å². The molecule has 2 aliphatic rings. The van der Waals surface area contributed by atoms with Crippen molar-refractivity contribution in [1.29, 1.82) is 0 Å². The highest BCUT2D eigenvalue weighted by molar-refractivity contribution is 7.16. The van der Waals surface area contributed by atoms with E-state index in [2.05, 4.69) is 29.3 Å². The Labute approximate surface area is 137 Å². The maximum absolute atomic E-state index is 6.22. The van der Waals surface area contributed by atoms with Crippen molar-refractivity contribution >= 4 is 22.9 Å². The largest absolute Gasteiger partial charge is 0.308 e. The number of rotatable bonds is 5. The third-order valence-corrected chi connectivity index (χ3v) is 6.58. The molecular weight excluding hydrogens is 300 g/mol. The summed E-state index contributed by atoms with van der Waals surface area (Å²) < 4.78 is 0.916. The molecule has 0 radical (unpaired) electrons. The van der Waals surface area contributed by atoms with Crippen LogP contribution in [0.5, 0.6) is 0 Å². The SMILES string of the molecule is CCNC(c1ccc(Cl)s1)C1(N2CCCCC2)CCCC1. The van der Waals surface area contributed by atoms with Gasteiger partial charge in [-0.25, -0.2) is 0 Å². The molecule has 0 amide bonds. The van der Waals surface area contributed by atoms with Crippen LogP contribution < -0.4 is 5.32 Å². The van der Waals surface area contributed by atoms with Gasteiger partial charge in [-0.2, -0.15) is 0 Å². The number of hydrogen-bond acceptors (Lipinski definition) is 3. The summed E-state index contributed by atoms with van der Waals surface area (Å²) in [5.41, 5.74) is 0.324. The normalized spacial score (nSPS) is 24.3. The zero-order chi connectivity index (χ0) is 14.7. The number of piperidine rings is 1. The molecule has 1 aromatic heterocycles. The molecule has 21 heavy (non-hydrogen) atoms. The van der Waals surface area contributed by atoms with E-state index in [0.29, 0.717) is 11.6 Å². The van der Waals surface area contributed by atoms with Crippen molar-refractivity contribution < 1.29 is 0 Å². The van der Waals surface area contributed by atoms with Crippen molar-refractivity contribution in [2.45, 2.75) is 63.5 Å². The van der Waals surface area contributed by atoms with E-state index in [9.17, 15) is 0 Å². The second-order valence-electron chi connectivity index (χ2n) is 6.49. The summed E-state index contributed by atoms with van der Waals surface area (Å²) in [5.74, 6) is 0. The highest BCUT2D eigenvalue weighted by Crippen LogP contribution is 2.47. The summed E-state index contributed by atoms with van der Waals surface area (Å²) in [5, 5.41) is 3.80. The average molecular weight is 327 g/mol. The molecule has 1 saturated heterocycles. The summed E-state index contributed by atoms with van der Waals surface area (Å²) >= 11 is 7.98. The van der Waals surface area contributed by atoms with E-state index < -0.39 is 0 Å². The van der Waals surface area contributed by atoms with Crippen molar-refractivity contribution in [3.63, 3.8) is 0 Å². The first-order valence-corrected chi connectivity index (χ1v) is 9.69. The molecule has 1 aromatic rings. The number of likely N-dealkylation sites (tertiary alicyclic amines) is 1. The molecule has 4 heteroatoms. The summed E-state index contributed by atoms with van der Waals surface area (Å²) in [4.78, 5) is 4.24. The van der Waals surface area contributed by atoms with Gasteiger partial charge in [0.25, 0.3) is 0 Å². The third-order valence-electron chi connectivity index (χ3n) is 5.28. The van der Waals surface area contributed by atoms with Gasteiger partial charge in [0, 0.05) is 10.4 Å². The first kappa shape index (κ1) is 15.8. The van der Waals surface area contributed by atoms with Gasteiger partial charge in [-0.05, 0) is 57.5 Å². The van der Waals surface area contributed by atoms with E-state index in [-0.39, 0.29) is 0 Å². The molecular formula is C17H27ClN2S. The Morgan fingerprint density at radius 3 is 2.48 bits per heavy atom. The van der Waals surface area contributed by atoms with Crippen molar-refractivity contribution in [2.24, 2.45) is 0 Å². The molecule has 1 aliphatic heterocycles. The Hall–Kier alpha value is -0.0900. The lowest BCUT2D eigenvalue weighted by Gasteiger charge is -2.48. The van der Waals surface area contributed by atoms with Gasteiger partial charge in [0.2, 0.25) is 0 Å². The van der Waals surface area contributed by atoms with E-state index in [1.54, 1.807) is 11.3 Å². The van der Waals surface area contributed by atoms with Crippen LogP contribution in [0.3, 0.4) is 0 Å². The minimum atomic E-state index is 0.324. The fourth-order valence-corrected chi connectivity index (χ4v) is 5.61. The van der Waals surface area contributed by atoms with Gasteiger partial charge >= 0.3 is 0 Å². The van der Waals surface area contributed by atoms with E-state index in [4.69, 9.17) is 11.6 Å². The predicted octanol–water partition coefficient (Wildman–Crippen LogP) is 4.85. The predicted molar refractivity (Wildman–Crippen MR) is 92.4 cm³/mol. The lowest BCUT2D eigenvalue weighted by molar-refractivity contribution is 0.0376. The molecule has 1 N–H and O–H groups in total. The average Bonchev–Trinajstić information content (AvgIpc) is 3.16. The molecule has 0 spiro atoms. The molecule has 1 atom stereocenters. The fraction of sp³-hybridized carbons (Fsp3) is 0.765. The minimum absolute atomic E-state index is 0.324. The number of nitrogens with zero attached hydrogens (tertiary/aromatic N) is 1. The first-order valence-electron chi connectivity index (χ1n) is 8.50. The van der Waals surface area contributed by atoms with Crippen LogP contribution in [-0.4, -0.2) is 30.1 Å². The molecule has 1 aliphatic carbocycles. The van der Waals surface area contributed by atoms with Gasteiger partial charge in [-0.15, -0.1) is 11.3 Å². The van der Waals surface area contributed by atoms with Crippen LogP contribution in [0.1, 0.15) is 62.8 Å². The molecule has 1 unspecified atom stereocenters. The van der Waals surface area contributed by atoms with Crippen molar-refractivity contribution in [1.82, 2.24) is 10.2 Å². The number of thiophene rings is 1. The number of likely N-dealkylation sites (N-methyl/N-ethyl adjacent to an activating group) is 1. The van der Waals surface area contributed by atoms with Crippen molar-refractivity contribution in [3.8, 4) is 0 Å². The van der Waals surface area contributed by atoms with Gasteiger partial charge in [0.05, 0.1) is 10.4 Å². The second-order valence-corrected chi connectivity index (χ2v) is 8.24. The lowest BCUT2D eigenvalue weighted by atomic mass is 9.83. The highest BCUT2D eigenvalue weighted by Gasteiger charge is 2.46. The van der Waals surface area contributed by atoms with Gasteiger partial charge in [-0.1, -0.05) is 37.8 Å². The molecule has 1 saturated carbocycles. The third kappa shape index (κ3) is 3.17. The van der Waals surface area contributed by atoms with E-state index in [0.717, 1.165) is 10.9 Å². The Balaban J connectivity index is 1.92. The van der Waals surface area contributed by atoms with Crippen LogP contribution in [0, 0.1) is 0 Å². The van der Waals surface area contributed by atoms with Crippen LogP contribution in [0.25, 0.3) is 0 Å². The zero-order valence-corrected chi connectivity index (χ0v) is 14.6. The zero-order valence-electron chi connectivity index (χ0n) is 13.0. The molecule has 0 bridgehead atoms. The molecule has 2 nitrogen and oxygen atoms in total. The van der Waals surface area contributed by atoms with Gasteiger partial charge < -0.3 is 5.32 Å². The summed E-state index contributed by atoms with van der Waals surface area (Å²) in [7, 11) is 0. The van der Waals surface area contributed by atoms with Crippen LogP contribution in [0.15, 0.2) is 12.1 Å². The smallest absolute Gasteiger partial charge is 0.0931 e. The van der Waals surface area contributed by atoms with Gasteiger partial charge in [0.15, 0.2) is 0 Å². The van der Waals surface area contributed by atoms with Gasteiger partial charge in [-0.3, -0.25) is 4.90 Å². The molecule has 0 aromatic carbocycles.